The zero-order valence-electron chi connectivity index (χ0n) is 22.4. The number of esters is 1. The van der Waals surface area contributed by atoms with E-state index in [1.54, 1.807) is 30.3 Å². The number of nitrogens with zero attached hydrogens (tertiary/aromatic N) is 1. The van der Waals surface area contributed by atoms with Gasteiger partial charge in [-0.15, -0.1) is 0 Å². The molecule has 39 heavy (non-hydrogen) atoms. The normalized spacial score (nSPS) is 16.9. The molecule has 1 atom stereocenters. The SMILES string of the molecule is CCOc1ccc(Cl)c(/C(O)=C2\C(=O)C(=O)N(c3ccc(C(=O)OC)cc3)C2c2ccc(C(C)(C)C)cc2)c1. The van der Waals surface area contributed by atoms with Crippen LogP contribution in [0, 0.1) is 0 Å². The first-order valence-corrected chi connectivity index (χ1v) is 12.9. The maximum absolute atomic E-state index is 13.5. The zero-order valence-corrected chi connectivity index (χ0v) is 23.2. The molecule has 0 aliphatic carbocycles. The van der Waals surface area contributed by atoms with E-state index in [0.717, 1.165) is 5.56 Å². The van der Waals surface area contributed by atoms with Gasteiger partial charge in [0.15, 0.2) is 0 Å². The molecule has 3 aromatic carbocycles. The van der Waals surface area contributed by atoms with Gasteiger partial charge in [-0.25, -0.2) is 4.79 Å². The number of ether oxygens (including phenoxy) is 2. The number of aliphatic hydroxyl groups is 1. The number of amides is 1. The Morgan fingerprint density at radius 1 is 1.00 bits per heavy atom. The Morgan fingerprint density at radius 2 is 1.64 bits per heavy atom. The Balaban J connectivity index is 1.92. The largest absolute Gasteiger partial charge is 0.507 e. The molecule has 0 saturated carbocycles. The van der Waals surface area contributed by atoms with Gasteiger partial charge in [0.05, 0.1) is 35.9 Å². The van der Waals surface area contributed by atoms with Gasteiger partial charge in [0.1, 0.15) is 11.5 Å². The van der Waals surface area contributed by atoms with Crippen molar-refractivity contribution in [2.24, 2.45) is 0 Å². The second kappa shape index (κ2) is 10.9. The Bertz CT molecular complexity index is 1450. The average Bonchev–Trinajstić information content (AvgIpc) is 3.18. The number of hydrogen-bond acceptors (Lipinski definition) is 6. The molecule has 4 rings (SSSR count). The topological polar surface area (TPSA) is 93.1 Å². The van der Waals surface area contributed by atoms with Crippen LogP contribution in [0.2, 0.25) is 5.02 Å². The Labute approximate surface area is 232 Å². The van der Waals surface area contributed by atoms with E-state index in [0.29, 0.717) is 29.2 Å². The third kappa shape index (κ3) is 5.40. The van der Waals surface area contributed by atoms with Crippen molar-refractivity contribution in [3.63, 3.8) is 0 Å². The molecule has 1 unspecified atom stereocenters. The summed E-state index contributed by atoms with van der Waals surface area (Å²) in [5.74, 6) is -2.14. The molecule has 202 valence electrons. The summed E-state index contributed by atoms with van der Waals surface area (Å²) in [6, 6.07) is 17.6. The van der Waals surface area contributed by atoms with Gasteiger partial charge in [-0.3, -0.25) is 14.5 Å². The van der Waals surface area contributed by atoms with Gasteiger partial charge in [0, 0.05) is 11.3 Å². The predicted octanol–water partition coefficient (Wildman–Crippen LogP) is 6.45. The number of anilines is 1. The summed E-state index contributed by atoms with van der Waals surface area (Å²) < 4.78 is 10.3. The van der Waals surface area contributed by atoms with Crippen LogP contribution >= 0.6 is 11.6 Å². The number of ketones is 1. The minimum atomic E-state index is -0.949. The summed E-state index contributed by atoms with van der Waals surface area (Å²) in [6.45, 7) is 8.49. The fourth-order valence-electron chi connectivity index (χ4n) is 4.54. The van der Waals surface area contributed by atoms with Crippen LogP contribution in [-0.4, -0.2) is 36.5 Å². The van der Waals surface area contributed by atoms with Crippen molar-refractivity contribution in [2.45, 2.75) is 39.2 Å². The Morgan fingerprint density at radius 3 is 2.21 bits per heavy atom. The third-order valence-corrected chi connectivity index (χ3v) is 6.94. The van der Waals surface area contributed by atoms with Crippen molar-refractivity contribution in [1.29, 1.82) is 0 Å². The summed E-state index contributed by atoms with van der Waals surface area (Å²) >= 11 is 6.43. The standard InChI is InChI=1S/C31H30ClNO6/c1-6-39-22-15-16-24(32)23(17-22)27(34)25-26(18-7-11-20(12-8-18)31(2,3)4)33(29(36)28(25)35)21-13-9-19(10-14-21)30(37)38-5/h7-17,26,34H,6H2,1-5H3/b27-25+. The van der Waals surface area contributed by atoms with Crippen LogP contribution in [-0.2, 0) is 19.7 Å². The number of aliphatic hydroxyl groups excluding tert-OH is 1. The number of benzene rings is 3. The molecule has 1 amide bonds. The maximum Gasteiger partial charge on any atom is 0.337 e. The van der Waals surface area contributed by atoms with Crippen molar-refractivity contribution in [2.75, 3.05) is 18.6 Å². The maximum atomic E-state index is 13.5. The Hall–Kier alpha value is -4.10. The summed E-state index contributed by atoms with van der Waals surface area (Å²) in [5.41, 5.74) is 2.33. The van der Waals surface area contributed by atoms with E-state index < -0.39 is 29.5 Å². The average molecular weight is 548 g/mol. The van der Waals surface area contributed by atoms with Crippen molar-refractivity contribution < 1.29 is 29.0 Å². The zero-order chi connectivity index (χ0) is 28.5. The number of halogens is 1. The van der Waals surface area contributed by atoms with E-state index in [9.17, 15) is 19.5 Å². The Kier molecular flexibility index (Phi) is 7.84. The number of hydrogen-bond donors (Lipinski definition) is 1. The van der Waals surface area contributed by atoms with E-state index in [1.165, 1.54) is 24.1 Å². The molecule has 1 saturated heterocycles. The number of rotatable bonds is 6. The minimum Gasteiger partial charge on any atom is -0.507 e. The lowest BCUT2D eigenvalue weighted by atomic mass is 9.85. The van der Waals surface area contributed by atoms with Gasteiger partial charge >= 0.3 is 5.97 Å². The van der Waals surface area contributed by atoms with Gasteiger partial charge in [0.2, 0.25) is 0 Å². The van der Waals surface area contributed by atoms with E-state index in [4.69, 9.17) is 21.1 Å². The minimum absolute atomic E-state index is 0.101. The summed E-state index contributed by atoms with van der Waals surface area (Å²) in [6.07, 6.45) is 0. The lowest BCUT2D eigenvalue weighted by molar-refractivity contribution is -0.132. The van der Waals surface area contributed by atoms with Crippen molar-refractivity contribution >= 4 is 40.7 Å². The molecule has 0 radical (unpaired) electrons. The molecule has 8 heteroatoms. The molecule has 1 fully saturated rings. The predicted molar refractivity (Wildman–Crippen MR) is 150 cm³/mol. The fourth-order valence-corrected chi connectivity index (χ4v) is 4.75. The molecule has 1 N–H and O–H groups in total. The van der Waals surface area contributed by atoms with Gasteiger partial charge in [0.25, 0.3) is 11.7 Å². The molecule has 1 heterocycles. The smallest absolute Gasteiger partial charge is 0.337 e. The lowest BCUT2D eigenvalue weighted by Crippen LogP contribution is -2.29. The summed E-state index contributed by atoms with van der Waals surface area (Å²) in [7, 11) is 1.28. The number of carbonyl (C=O) groups excluding carboxylic acids is 3. The van der Waals surface area contributed by atoms with E-state index in [1.807, 2.05) is 31.2 Å². The second-order valence-electron chi connectivity index (χ2n) is 10.2. The van der Waals surface area contributed by atoms with Crippen molar-refractivity contribution in [1.82, 2.24) is 0 Å². The molecule has 1 aliphatic heterocycles. The van der Waals surface area contributed by atoms with Crippen LogP contribution in [0.5, 0.6) is 5.75 Å². The van der Waals surface area contributed by atoms with Gasteiger partial charge < -0.3 is 14.6 Å². The monoisotopic (exact) mass is 547 g/mol. The molecule has 3 aromatic rings. The molecule has 0 aromatic heterocycles. The number of Topliss-reactive ketones (excluding diaryl/α,β-unsaturated/α-hetero) is 1. The fraction of sp³-hybridized carbons (Fsp3) is 0.258. The highest BCUT2D eigenvalue weighted by Crippen LogP contribution is 2.43. The second-order valence-corrected chi connectivity index (χ2v) is 10.6. The summed E-state index contributed by atoms with van der Waals surface area (Å²) in [4.78, 5) is 40.2. The third-order valence-electron chi connectivity index (χ3n) is 6.61. The van der Waals surface area contributed by atoms with Crippen LogP contribution in [0.4, 0.5) is 5.69 Å². The highest BCUT2D eigenvalue weighted by Gasteiger charge is 2.47. The van der Waals surface area contributed by atoms with Crippen LogP contribution in [0.15, 0.2) is 72.3 Å². The van der Waals surface area contributed by atoms with E-state index in [-0.39, 0.29) is 21.6 Å². The first-order chi connectivity index (χ1) is 18.5. The molecule has 1 aliphatic rings. The molecule has 0 spiro atoms. The van der Waals surface area contributed by atoms with Gasteiger partial charge in [-0.2, -0.15) is 0 Å². The molecular formula is C31H30ClNO6. The van der Waals surface area contributed by atoms with Crippen molar-refractivity contribution in [3.8, 4) is 5.75 Å². The molecule has 7 nitrogen and oxygen atoms in total. The van der Waals surface area contributed by atoms with Crippen LogP contribution < -0.4 is 9.64 Å². The van der Waals surface area contributed by atoms with Crippen LogP contribution in [0.25, 0.3) is 5.76 Å². The quantitative estimate of drug-likeness (QED) is 0.165. The highest BCUT2D eigenvalue weighted by molar-refractivity contribution is 6.52. The van der Waals surface area contributed by atoms with E-state index in [2.05, 4.69) is 20.8 Å². The van der Waals surface area contributed by atoms with Crippen molar-refractivity contribution in [3.05, 3.63) is 99.6 Å². The highest BCUT2D eigenvalue weighted by atomic mass is 35.5. The first-order valence-electron chi connectivity index (χ1n) is 12.5. The van der Waals surface area contributed by atoms with E-state index >= 15 is 0 Å². The first kappa shape index (κ1) is 27.9. The van der Waals surface area contributed by atoms with Crippen LogP contribution in [0.3, 0.4) is 0 Å². The molecular weight excluding hydrogens is 518 g/mol. The van der Waals surface area contributed by atoms with Gasteiger partial charge in [-0.1, -0.05) is 56.6 Å². The number of carbonyl (C=O) groups is 3. The molecule has 0 bridgehead atoms. The van der Waals surface area contributed by atoms with Gasteiger partial charge in [-0.05, 0) is 65.9 Å². The lowest BCUT2D eigenvalue weighted by Gasteiger charge is -2.27. The summed E-state index contributed by atoms with van der Waals surface area (Å²) in [5, 5.41) is 11.7. The number of methoxy groups -OCH3 is 1. The van der Waals surface area contributed by atoms with Crippen LogP contribution in [0.1, 0.15) is 60.8 Å².